The number of carbonyl (C=O) groups is 2. The minimum Gasteiger partial charge on any atom is -0.376 e. The summed E-state index contributed by atoms with van der Waals surface area (Å²) in [5.41, 5.74) is -3.79. The number of alkyl halides is 3. The molecule has 1 aliphatic carbocycles. The fourth-order valence-corrected chi connectivity index (χ4v) is 4.83. The molecule has 1 fully saturated rings. The van der Waals surface area contributed by atoms with E-state index in [0.717, 1.165) is 18.4 Å². The average molecular weight is 522 g/mol. The molecule has 0 radical (unpaired) electrons. The van der Waals surface area contributed by atoms with Crippen molar-refractivity contribution < 1.29 is 36.3 Å². The summed E-state index contributed by atoms with van der Waals surface area (Å²) in [6, 6.07) is 9.43. The molecule has 0 saturated heterocycles. The van der Waals surface area contributed by atoms with Gasteiger partial charge >= 0.3 is 6.18 Å². The van der Waals surface area contributed by atoms with Crippen molar-refractivity contribution in [1.82, 2.24) is 4.90 Å². The van der Waals surface area contributed by atoms with Crippen molar-refractivity contribution >= 4 is 27.3 Å². The number of carbonyl (C=O) groups excluding carboxylic acids is 2. The van der Waals surface area contributed by atoms with Crippen LogP contribution in [-0.4, -0.2) is 42.7 Å². The van der Waals surface area contributed by atoms with Crippen LogP contribution in [-0.2, 0) is 31.6 Å². The lowest BCUT2D eigenvalue weighted by atomic mass is 9.95. The average Bonchev–Trinajstić information content (AvgIpc) is 3.50. The highest BCUT2D eigenvalue weighted by molar-refractivity contribution is 7.90. The van der Waals surface area contributed by atoms with Crippen molar-refractivity contribution in [3.8, 4) is 6.07 Å². The van der Waals surface area contributed by atoms with Crippen molar-refractivity contribution in [2.45, 2.75) is 49.0 Å². The van der Waals surface area contributed by atoms with Crippen LogP contribution in [0.4, 0.5) is 18.9 Å². The quantitative estimate of drug-likeness (QED) is 0.622. The number of sulfone groups is 1. The molecule has 2 aromatic carbocycles. The summed E-state index contributed by atoms with van der Waals surface area (Å²) in [4.78, 5) is 27.8. The zero-order valence-corrected chi connectivity index (χ0v) is 20.1. The van der Waals surface area contributed by atoms with Gasteiger partial charge in [-0.2, -0.15) is 18.4 Å². The van der Waals surface area contributed by atoms with Crippen LogP contribution < -0.4 is 5.32 Å². The molecule has 2 unspecified atom stereocenters. The number of hydrogen-bond acceptors (Lipinski definition) is 6. The maximum absolute atomic E-state index is 13.3. The molecule has 2 aromatic rings. The highest BCUT2D eigenvalue weighted by Gasteiger charge is 2.56. The van der Waals surface area contributed by atoms with Crippen LogP contribution in [0.2, 0.25) is 0 Å². The SMILES string of the molecule is CC(O)(c1ccc(NC(=O)C2c3ccc(S(C)(=O)=O)cc3CN2C(=O)C2(C#N)CC2)cc1)C(F)(F)F. The summed E-state index contributed by atoms with van der Waals surface area (Å²) in [5.74, 6) is -1.22. The Morgan fingerprint density at radius 1 is 1.17 bits per heavy atom. The van der Waals surface area contributed by atoms with Gasteiger partial charge in [-0.05, 0) is 60.7 Å². The lowest BCUT2D eigenvalue weighted by molar-refractivity contribution is -0.258. The van der Waals surface area contributed by atoms with Gasteiger partial charge in [0.05, 0.1) is 11.0 Å². The lowest BCUT2D eigenvalue weighted by Gasteiger charge is -2.27. The van der Waals surface area contributed by atoms with Gasteiger partial charge in [0.1, 0.15) is 11.5 Å². The molecule has 4 rings (SSSR count). The van der Waals surface area contributed by atoms with Crippen molar-refractivity contribution in [2.75, 3.05) is 11.6 Å². The van der Waals surface area contributed by atoms with Gasteiger partial charge in [0.2, 0.25) is 5.91 Å². The Kier molecular flexibility index (Phi) is 5.93. The van der Waals surface area contributed by atoms with E-state index in [4.69, 9.17) is 0 Å². The van der Waals surface area contributed by atoms with Gasteiger partial charge in [-0.25, -0.2) is 8.42 Å². The molecule has 2 N–H and O–H groups in total. The van der Waals surface area contributed by atoms with Gasteiger partial charge in [0, 0.05) is 18.5 Å². The Morgan fingerprint density at radius 3 is 2.28 bits per heavy atom. The van der Waals surface area contributed by atoms with Crippen LogP contribution in [0.5, 0.6) is 0 Å². The summed E-state index contributed by atoms with van der Waals surface area (Å²) in [7, 11) is -3.55. The molecule has 36 heavy (non-hydrogen) atoms. The van der Waals surface area contributed by atoms with Gasteiger partial charge in [-0.15, -0.1) is 0 Å². The van der Waals surface area contributed by atoms with Crippen LogP contribution in [0.15, 0.2) is 47.4 Å². The molecular formula is C24H22F3N3O5S. The number of aliphatic hydroxyl groups is 1. The summed E-state index contributed by atoms with van der Waals surface area (Å²) in [5, 5.41) is 21.9. The van der Waals surface area contributed by atoms with Crippen LogP contribution in [0.3, 0.4) is 0 Å². The van der Waals surface area contributed by atoms with Gasteiger partial charge < -0.3 is 15.3 Å². The van der Waals surface area contributed by atoms with E-state index in [1.807, 2.05) is 6.07 Å². The minimum absolute atomic E-state index is 0.0171. The molecule has 0 aromatic heterocycles. The zero-order valence-electron chi connectivity index (χ0n) is 19.3. The predicted octanol–water partition coefficient (Wildman–Crippen LogP) is 3.19. The molecule has 2 atom stereocenters. The predicted molar refractivity (Wildman–Crippen MR) is 121 cm³/mol. The summed E-state index contributed by atoms with van der Waals surface area (Å²) in [6.07, 6.45) is -3.18. The molecule has 8 nitrogen and oxygen atoms in total. The van der Waals surface area contributed by atoms with E-state index in [1.54, 1.807) is 0 Å². The largest absolute Gasteiger partial charge is 0.421 e. The normalized spacial score (nSPS) is 20.1. The zero-order chi connectivity index (χ0) is 26.7. The topological polar surface area (TPSA) is 128 Å². The van der Waals surface area contributed by atoms with Gasteiger partial charge in [0.15, 0.2) is 15.4 Å². The first-order chi connectivity index (χ1) is 16.6. The molecule has 1 saturated carbocycles. The number of halogens is 3. The second kappa shape index (κ2) is 8.31. The highest BCUT2D eigenvalue weighted by atomic mass is 32.2. The van der Waals surface area contributed by atoms with Gasteiger partial charge in [-0.1, -0.05) is 18.2 Å². The summed E-state index contributed by atoms with van der Waals surface area (Å²) >= 11 is 0. The smallest absolute Gasteiger partial charge is 0.376 e. The third kappa shape index (κ3) is 4.33. The first kappa shape index (κ1) is 25.7. The molecule has 0 spiro atoms. The molecular weight excluding hydrogens is 499 g/mol. The van der Waals surface area contributed by atoms with E-state index < -0.39 is 50.4 Å². The Hall–Kier alpha value is -3.43. The molecule has 2 amide bonds. The second-order valence-electron chi connectivity index (χ2n) is 9.30. The van der Waals surface area contributed by atoms with Crippen LogP contribution >= 0.6 is 0 Å². The van der Waals surface area contributed by atoms with E-state index in [2.05, 4.69) is 5.32 Å². The molecule has 0 bridgehead atoms. The van der Waals surface area contributed by atoms with E-state index in [9.17, 15) is 41.5 Å². The first-order valence-corrected chi connectivity index (χ1v) is 12.8. The van der Waals surface area contributed by atoms with Gasteiger partial charge in [0.25, 0.3) is 5.91 Å². The fourth-order valence-electron chi connectivity index (χ4n) is 4.16. The number of nitrogens with zero attached hydrogens (tertiary/aromatic N) is 2. The standard InChI is InChI=1S/C24H22F3N3O5S/c1-22(33,24(25,26)27)15-3-5-16(6-4-15)29-20(31)19-18-8-7-17(36(2,34)35)11-14(18)12-30(19)21(32)23(13-28)9-10-23/h3-8,11,19,33H,9-10,12H2,1-2H3,(H,29,31). The number of amides is 2. The van der Waals surface area contributed by atoms with E-state index in [-0.39, 0.29) is 17.1 Å². The van der Waals surface area contributed by atoms with E-state index in [0.29, 0.717) is 30.9 Å². The highest BCUT2D eigenvalue weighted by Crippen LogP contribution is 2.49. The van der Waals surface area contributed by atoms with Crippen molar-refractivity contribution in [3.05, 3.63) is 59.2 Å². The number of benzene rings is 2. The first-order valence-electron chi connectivity index (χ1n) is 10.9. The summed E-state index contributed by atoms with van der Waals surface area (Å²) < 4.78 is 63.3. The number of rotatable bonds is 5. The Morgan fingerprint density at radius 2 is 1.78 bits per heavy atom. The Bertz CT molecular complexity index is 1390. The number of fused-ring (bicyclic) bond motifs is 1. The Labute approximate surface area is 205 Å². The van der Waals surface area contributed by atoms with Crippen molar-refractivity contribution in [1.29, 1.82) is 5.26 Å². The molecule has 1 heterocycles. The summed E-state index contributed by atoms with van der Waals surface area (Å²) in [6.45, 7) is 0.541. The minimum atomic E-state index is -4.91. The molecule has 1 aliphatic heterocycles. The van der Waals surface area contributed by atoms with Crippen LogP contribution in [0, 0.1) is 16.7 Å². The van der Waals surface area contributed by atoms with E-state index >= 15 is 0 Å². The number of nitrogens with one attached hydrogen (secondary N) is 1. The molecule has 190 valence electrons. The third-order valence-corrected chi connectivity index (χ3v) is 7.75. The second-order valence-corrected chi connectivity index (χ2v) is 11.3. The molecule has 12 heteroatoms. The lowest BCUT2D eigenvalue weighted by Crippen LogP contribution is -2.40. The van der Waals surface area contributed by atoms with E-state index in [1.165, 1.54) is 35.2 Å². The van der Waals surface area contributed by atoms with Crippen LogP contribution in [0.25, 0.3) is 0 Å². The number of nitriles is 1. The number of anilines is 1. The maximum atomic E-state index is 13.3. The Balaban J connectivity index is 1.65. The number of hydrogen-bond donors (Lipinski definition) is 2. The monoisotopic (exact) mass is 521 g/mol. The molecule has 2 aliphatic rings. The van der Waals surface area contributed by atoms with Crippen LogP contribution in [0.1, 0.15) is 42.5 Å². The third-order valence-electron chi connectivity index (χ3n) is 6.64. The van der Waals surface area contributed by atoms with Crippen molar-refractivity contribution in [2.24, 2.45) is 5.41 Å². The van der Waals surface area contributed by atoms with Gasteiger partial charge in [-0.3, -0.25) is 9.59 Å². The van der Waals surface area contributed by atoms with Crippen molar-refractivity contribution in [3.63, 3.8) is 0 Å². The maximum Gasteiger partial charge on any atom is 0.421 e. The fraction of sp³-hybridized carbons (Fsp3) is 0.375.